The summed E-state index contributed by atoms with van der Waals surface area (Å²) in [5, 5.41) is 12.9. The van der Waals surface area contributed by atoms with E-state index in [1.54, 1.807) is 14.2 Å². The first-order valence-corrected chi connectivity index (χ1v) is 6.92. The predicted octanol–water partition coefficient (Wildman–Crippen LogP) is 2.53. The van der Waals surface area contributed by atoms with Crippen LogP contribution in [0.5, 0.6) is 11.5 Å². The first kappa shape index (κ1) is 15.4. The monoisotopic (exact) mass is 287 g/mol. The Kier molecular flexibility index (Phi) is 5.60. The van der Waals surface area contributed by atoms with Crippen LogP contribution in [0, 0.1) is 0 Å². The lowest BCUT2D eigenvalue weighted by Crippen LogP contribution is -2.16. The molecule has 0 aliphatic carbocycles. The van der Waals surface area contributed by atoms with Crippen LogP contribution in [0.2, 0.25) is 0 Å². The van der Waals surface area contributed by atoms with Gasteiger partial charge in [0.25, 0.3) is 0 Å². The molecule has 2 rings (SSSR count). The molecule has 0 amide bonds. The fourth-order valence-electron chi connectivity index (χ4n) is 2.06. The molecule has 0 aromatic heterocycles. The summed E-state index contributed by atoms with van der Waals surface area (Å²) < 4.78 is 11.1. The molecule has 2 N–H and O–H groups in total. The minimum Gasteiger partial charge on any atom is -0.493 e. The van der Waals surface area contributed by atoms with E-state index in [0.29, 0.717) is 24.7 Å². The van der Waals surface area contributed by atoms with Crippen LogP contribution in [0.3, 0.4) is 0 Å². The maximum atomic E-state index is 9.98. The van der Waals surface area contributed by atoms with Crippen molar-refractivity contribution in [3.05, 3.63) is 59.7 Å². The molecule has 0 radical (unpaired) electrons. The Morgan fingerprint density at radius 1 is 1.10 bits per heavy atom. The fraction of sp³-hybridized carbons (Fsp3) is 0.294. The summed E-state index contributed by atoms with van der Waals surface area (Å²) in [6.45, 7) is 0.975. The summed E-state index contributed by atoms with van der Waals surface area (Å²) >= 11 is 0. The van der Waals surface area contributed by atoms with E-state index >= 15 is 0 Å². The smallest absolute Gasteiger partial charge is 0.161 e. The van der Waals surface area contributed by atoms with Gasteiger partial charge in [-0.3, -0.25) is 0 Å². The Morgan fingerprint density at radius 2 is 1.86 bits per heavy atom. The zero-order valence-electron chi connectivity index (χ0n) is 12.4. The number of ether oxygens (including phenoxy) is 2. The maximum absolute atomic E-state index is 9.98. The van der Waals surface area contributed by atoms with Crippen molar-refractivity contribution in [1.29, 1.82) is 0 Å². The molecule has 0 bridgehead atoms. The first-order valence-electron chi connectivity index (χ1n) is 6.92. The number of hydrogen-bond donors (Lipinski definition) is 2. The van der Waals surface area contributed by atoms with Gasteiger partial charge in [0, 0.05) is 6.54 Å². The summed E-state index contributed by atoms with van der Waals surface area (Å²) in [5.41, 5.74) is 1.90. The SMILES string of the molecule is CNCC(O)c1ccc(OCc2ccccc2)c(OC)c1. The van der Waals surface area contributed by atoms with E-state index in [2.05, 4.69) is 5.32 Å². The molecular formula is C17H21NO3. The number of rotatable bonds is 7. The zero-order chi connectivity index (χ0) is 15.1. The molecule has 4 heteroatoms. The highest BCUT2D eigenvalue weighted by molar-refractivity contribution is 5.43. The Hall–Kier alpha value is -2.04. The molecular weight excluding hydrogens is 266 g/mol. The van der Waals surface area contributed by atoms with Crippen molar-refractivity contribution < 1.29 is 14.6 Å². The molecule has 0 heterocycles. The Bertz CT molecular complexity index is 557. The number of hydrogen-bond acceptors (Lipinski definition) is 4. The van der Waals surface area contributed by atoms with Gasteiger partial charge in [-0.25, -0.2) is 0 Å². The molecule has 0 aliphatic heterocycles. The molecule has 2 aromatic carbocycles. The van der Waals surface area contributed by atoms with E-state index in [1.165, 1.54) is 0 Å². The standard InChI is InChI=1S/C17H21NO3/c1-18-11-15(19)14-8-9-16(17(10-14)20-2)21-12-13-6-4-3-5-7-13/h3-10,15,18-19H,11-12H2,1-2H3. The molecule has 2 aromatic rings. The van der Waals surface area contributed by atoms with Crippen LogP contribution >= 0.6 is 0 Å². The third-order valence-corrected chi connectivity index (χ3v) is 3.21. The van der Waals surface area contributed by atoms with Gasteiger partial charge in [0.05, 0.1) is 13.2 Å². The molecule has 1 unspecified atom stereocenters. The number of methoxy groups -OCH3 is 1. The summed E-state index contributed by atoms with van der Waals surface area (Å²) in [4.78, 5) is 0. The molecule has 0 aliphatic rings. The quantitative estimate of drug-likeness (QED) is 0.821. The highest BCUT2D eigenvalue weighted by Gasteiger charge is 2.11. The Balaban J connectivity index is 2.09. The second-order valence-corrected chi connectivity index (χ2v) is 4.76. The minimum absolute atomic E-state index is 0.482. The number of nitrogens with one attached hydrogen (secondary N) is 1. The molecule has 0 fully saturated rings. The maximum Gasteiger partial charge on any atom is 0.161 e. The van der Waals surface area contributed by atoms with E-state index in [1.807, 2.05) is 48.5 Å². The van der Waals surface area contributed by atoms with E-state index in [-0.39, 0.29) is 0 Å². The summed E-state index contributed by atoms with van der Waals surface area (Å²) in [7, 11) is 3.40. The normalized spacial score (nSPS) is 12.0. The number of likely N-dealkylation sites (N-methyl/N-ethyl adjacent to an activating group) is 1. The van der Waals surface area contributed by atoms with Crippen LogP contribution in [0.4, 0.5) is 0 Å². The van der Waals surface area contributed by atoms with Gasteiger partial charge in [-0.1, -0.05) is 36.4 Å². The van der Waals surface area contributed by atoms with Gasteiger partial charge in [-0.2, -0.15) is 0 Å². The van der Waals surface area contributed by atoms with Crippen molar-refractivity contribution >= 4 is 0 Å². The third kappa shape index (κ3) is 4.21. The van der Waals surface area contributed by atoms with E-state index in [4.69, 9.17) is 9.47 Å². The number of aliphatic hydroxyl groups excluding tert-OH is 1. The largest absolute Gasteiger partial charge is 0.493 e. The second kappa shape index (κ2) is 7.67. The molecule has 112 valence electrons. The van der Waals surface area contributed by atoms with Crippen LogP contribution in [0.25, 0.3) is 0 Å². The third-order valence-electron chi connectivity index (χ3n) is 3.21. The molecule has 1 atom stereocenters. The number of benzene rings is 2. The van der Waals surface area contributed by atoms with Gasteiger partial charge >= 0.3 is 0 Å². The lowest BCUT2D eigenvalue weighted by Gasteiger charge is -2.15. The van der Waals surface area contributed by atoms with Crippen molar-refractivity contribution in [2.24, 2.45) is 0 Å². The Morgan fingerprint density at radius 3 is 2.52 bits per heavy atom. The average molecular weight is 287 g/mol. The van der Waals surface area contributed by atoms with Gasteiger partial charge in [0.2, 0.25) is 0 Å². The first-order chi connectivity index (χ1) is 10.2. The van der Waals surface area contributed by atoms with Crippen molar-refractivity contribution in [2.75, 3.05) is 20.7 Å². The van der Waals surface area contributed by atoms with Crippen molar-refractivity contribution in [2.45, 2.75) is 12.7 Å². The molecule has 0 spiro atoms. The second-order valence-electron chi connectivity index (χ2n) is 4.76. The van der Waals surface area contributed by atoms with E-state index < -0.39 is 6.10 Å². The van der Waals surface area contributed by atoms with Gasteiger partial charge in [0.15, 0.2) is 11.5 Å². The van der Waals surface area contributed by atoms with Crippen LogP contribution in [0.1, 0.15) is 17.2 Å². The molecule has 4 nitrogen and oxygen atoms in total. The van der Waals surface area contributed by atoms with Gasteiger partial charge in [-0.15, -0.1) is 0 Å². The number of aliphatic hydroxyl groups is 1. The highest BCUT2D eigenvalue weighted by Crippen LogP contribution is 2.30. The topological polar surface area (TPSA) is 50.7 Å². The van der Waals surface area contributed by atoms with Gasteiger partial charge in [0.1, 0.15) is 6.61 Å². The van der Waals surface area contributed by atoms with Crippen molar-refractivity contribution in [3.8, 4) is 11.5 Å². The van der Waals surface area contributed by atoms with Crippen molar-refractivity contribution in [1.82, 2.24) is 5.32 Å². The minimum atomic E-state index is -0.563. The van der Waals surface area contributed by atoms with Crippen LogP contribution in [0.15, 0.2) is 48.5 Å². The lowest BCUT2D eigenvalue weighted by atomic mass is 10.1. The van der Waals surface area contributed by atoms with Gasteiger partial charge < -0.3 is 19.9 Å². The summed E-state index contributed by atoms with van der Waals surface area (Å²) in [6.07, 6.45) is -0.563. The molecule has 0 saturated heterocycles. The van der Waals surface area contributed by atoms with Crippen LogP contribution in [-0.4, -0.2) is 25.8 Å². The highest BCUT2D eigenvalue weighted by atomic mass is 16.5. The predicted molar refractivity (Wildman–Crippen MR) is 82.7 cm³/mol. The summed E-state index contributed by atoms with van der Waals surface area (Å²) in [6, 6.07) is 15.4. The lowest BCUT2D eigenvalue weighted by molar-refractivity contribution is 0.177. The van der Waals surface area contributed by atoms with Crippen LogP contribution in [-0.2, 0) is 6.61 Å². The molecule has 0 saturated carbocycles. The fourth-order valence-corrected chi connectivity index (χ4v) is 2.06. The van der Waals surface area contributed by atoms with Gasteiger partial charge in [-0.05, 0) is 30.3 Å². The zero-order valence-corrected chi connectivity index (χ0v) is 12.4. The average Bonchev–Trinajstić information content (AvgIpc) is 2.54. The van der Waals surface area contributed by atoms with Crippen molar-refractivity contribution in [3.63, 3.8) is 0 Å². The van der Waals surface area contributed by atoms with E-state index in [0.717, 1.165) is 11.1 Å². The Labute approximate surface area is 125 Å². The summed E-state index contributed by atoms with van der Waals surface area (Å²) in [5.74, 6) is 1.29. The van der Waals surface area contributed by atoms with Crippen LogP contribution < -0.4 is 14.8 Å². The van der Waals surface area contributed by atoms with E-state index in [9.17, 15) is 5.11 Å². The molecule has 21 heavy (non-hydrogen) atoms.